The van der Waals surface area contributed by atoms with Gasteiger partial charge in [-0.3, -0.25) is 4.79 Å². The van der Waals surface area contributed by atoms with Crippen molar-refractivity contribution in [2.75, 3.05) is 0 Å². The number of carbonyl (C=O) groups excluding carboxylic acids is 1. The summed E-state index contributed by atoms with van der Waals surface area (Å²) in [7, 11) is 0. The summed E-state index contributed by atoms with van der Waals surface area (Å²) in [5.41, 5.74) is 0. The molecule has 0 fully saturated rings. The van der Waals surface area contributed by atoms with Gasteiger partial charge in [-0.05, 0) is 6.92 Å². The molecule has 0 spiro atoms. The third-order valence-corrected chi connectivity index (χ3v) is 1.10. The molecular weight excluding hydrogens is 108 g/mol. The van der Waals surface area contributed by atoms with E-state index in [1.165, 1.54) is 0 Å². The minimum absolute atomic E-state index is 0.0787. The van der Waals surface area contributed by atoms with E-state index >= 15 is 0 Å². The lowest BCUT2D eigenvalue weighted by molar-refractivity contribution is -0.117. The first kappa shape index (κ1) is 7.02. The van der Waals surface area contributed by atoms with E-state index in [2.05, 4.69) is 12.6 Å². The van der Waals surface area contributed by atoms with Gasteiger partial charge in [0.15, 0.2) is 0 Å². The summed E-state index contributed by atoms with van der Waals surface area (Å²) in [6.45, 7) is 3.63. The lowest BCUT2D eigenvalue weighted by Crippen LogP contribution is -2.07. The Morgan fingerprint density at radius 2 is 2.29 bits per heavy atom. The summed E-state index contributed by atoms with van der Waals surface area (Å²) in [6, 6.07) is 0. The Bertz CT molecular complexity index is 68.5. The van der Waals surface area contributed by atoms with Crippen LogP contribution in [0.25, 0.3) is 0 Å². The van der Waals surface area contributed by atoms with Gasteiger partial charge >= 0.3 is 0 Å². The van der Waals surface area contributed by atoms with Crippen molar-refractivity contribution in [3.63, 3.8) is 0 Å². The first-order chi connectivity index (χ1) is 3.18. The molecule has 0 aromatic carbocycles. The van der Waals surface area contributed by atoms with Crippen molar-refractivity contribution >= 4 is 18.4 Å². The fourth-order valence-corrected chi connectivity index (χ4v) is 0.478. The van der Waals surface area contributed by atoms with E-state index in [1.54, 1.807) is 6.92 Å². The molecular formula is C5H10OS. The maximum absolute atomic E-state index is 10.4. The summed E-state index contributed by atoms with van der Waals surface area (Å²) >= 11 is 3.92. The van der Waals surface area contributed by atoms with Gasteiger partial charge in [-0.25, -0.2) is 0 Å². The van der Waals surface area contributed by atoms with Gasteiger partial charge in [-0.2, -0.15) is 12.6 Å². The van der Waals surface area contributed by atoms with Crippen LogP contribution in [0.5, 0.6) is 0 Å². The SMILES string of the molecule is CCC(=O)C(C)S. The highest BCUT2D eigenvalue weighted by molar-refractivity contribution is 7.81. The molecule has 0 radical (unpaired) electrons. The van der Waals surface area contributed by atoms with Crippen LogP contribution in [0, 0.1) is 0 Å². The molecule has 1 atom stereocenters. The van der Waals surface area contributed by atoms with Gasteiger partial charge in [-0.15, -0.1) is 0 Å². The Morgan fingerprint density at radius 1 is 1.86 bits per heavy atom. The lowest BCUT2D eigenvalue weighted by atomic mass is 10.2. The van der Waals surface area contributed by atoms with Gasteiger partial charge < -0.3 is 0 Å². The number of hydrogen-bond donors (Lipinski definition) is 1. The van der Waals surface area contributed by atoms with Gasteiger partial charge in [0.2, 0.25) is 0 Å². The molecule has 0 rings (SSSR count). The van der Waals surface area contributed by atoms with Gasteiger partial charge in [0, 0.05) is 6.42 Å². The van der Waals surface area contributed by atoms with E-state index in [0.29, 0.717) is 6.42 Å². The van der Waals surface area contributed by atoms with Crippen molar-refractivity contribution in [1.29, 1.82) is 0 Å². The minimum atomic E-state index is -0.0787. The maximum atomic E-state index is 10.4. The predicted molar refractivity (Wildman–Crippen MR) is 33.7 cm³/mol. The number of carbonyl (C=O) groups is 1. The third kappa shape index (κ3) is 2.68. The molecule has 42 valence electrons. The molecule has 0 aromatic rings. The van der Waals surface area contributed by atoms with Gasteiger partial charge in [-0.1, -0.05) is 6.92 Å². The van der Waals surface area contributed by atoms with Crippen LogP contribution in [0.1, 0.15) is 20.3 Å². The monoisotopic (exact) mass is 118 g/mol. The fourth-order valence-electron chi connectivity index (χ4n) is 0.295. The smallest absolute Gasteiger partial charge is 0.144 e. The van der Waals surface area contributed by atoms with Crippen LogP contribution in [0.3, 0.4) is 0 Å². The van der Waals surface area contributed by atoms with Crippen molar-refractivity contribution < 1.29 is 4.79 Å². The van der Waals surface area contributed by atoms with Crippen molar-refractivity contribution in [3.8, 4) is 0 Å². The Labute approximate surface area is 49.5 Å². The second kappa shape index (κ2) is 3.08. The van der Waals surface area contributed by atoms with Crippen LogP contribution in [-0.4, -0.2) is 11.0 Å². The average molecular weight is 118 g/mol. The van der Waals surface area contributed by atoms with Crippen molar-refractivity contribution in [1.82, 2.24) is 0 Å². The Kier molecular flexibility index (Phi) is 3.09. The van der Waals surface area contributed by atoms with Gasteiger partial charge in [0.05, 0.1) is 5.25 Å². The van der Waals surface area contributed by atoms with Crippen LogP contribution in [-0.2, 0) is 4.79 Å². The zero-order valence-electron chi connectivity index (χ0n) is 4.64. The van der Waals surface area contributed by atoms with E-state index in [1.807, 2.05) is 6.92 Å². The van der Waals surface area contributed by atoms with Crippen molar-refractivity contribution in [2.24, 2.45) is 0 Å². The summed E-state index contributed by atoms with van der Waals surface area (Å²) in [6.07, 6.45) is 0.602. The highest BCUT2D eigenvalue weighted by Crippen LogP contribution is 1.95. The Balaban J connectivity index is 3.35. The van der Waals surface area contributed by atoms with Gasteiger partial charge in [0.25, 0.3) is 0 Å². The number of rotatable bonds is 2. The summed E-state index contributed by atoms with van der Waals surface area (Å²) < 4.78 is 0. The zero-order valence-corrected chi connectivity index (χ0v) is 5.53. The molecule has 0 aliphatic rings. The van der Waals surface area contributed by atoms with Crippen molar-refractivity contribution in [2.45, 2.75) is 25.5 Å². The molecule has 0 amide bonds. The van der Waals surface area contributed by atoms with E-state index < -0.39 is 0 Å². The quantitative estimate of drug-likeness (QED) is 0.540. The highest BCUT2D eigenvalue weighted by Gasteiger charge is 2.01. The maximum Gasteiger partial charge on any atom is 0.144 e. The van der Waals surface area contributed by atoms with Crippen LogP contribution in [0.15, 0.2) is 0 Å². The molecule has 2 heteroatoms. The van der Waals surface area contributed by atoms with E-state index in [9.17, 15) is 4.79 Å². The molecule has 0 saturated heterocycles. The number of Topliss-reactive ketones (excluding diaryl/α,β-unsaturated/α-hetero) is 1. The molecule has 0 bridgehead atoms. The second-order valence-corrected chi connectivity index (χ2v) is 2.27. The molecule has 0 aliphatic heterocycles. The van der Waals surface area contributed by atoms with Crippen molar-refractivity contribution in [3.05, 3.63) is 0 Å². The van der Waals surface area contributed by atoms with E-state index in [0.717, 1.165) is 0 Å². The molecule has 0 heterocycles. The largest absolute Gasteiger partial charge is 0.298 e. The van der Waals surface area contributed by atoms with E-state index in [4.69, 9.17) is 0 Å². The normalized spacial score (nSPS) is 13.6. The van der Waals surface area contributed by atoms with Gasteiger partial charge in [0.1, 0.15) is 5.78 Å². The minimum Gasteiger partial charge on any atom is -0.298 e. The molecule has 1 unspecified atom stereocenters. The number of thiol groups is 1. The standard InChI is InChI=1S/C5H10OS/c1-3-5(6)4(2)7/h4,7H,3H2,1-2H3. The van der Waals surface area contributed by atoms with Crippen LogP contribution < -0.4 is 0 Å². The fraction of sp³-hybridized carbons (Fsp3) is 0.800. The molecule has 0 saturated carbocycles. The lowest BCUT2D eigenvalue weighted by Gasteiger charge is -1.95. The molecule has 0 N–H and O–H groups in total. The molecule has 0 aliphatic carbocycles. The zero-order chi connectivity index (χ0) is 5.86. The predicted octanol–water partition coefficient (Wildman–Crippen LogP) is 1.28. The topological polar surface area (TPSA) is 17.1 Å². The first-order valence-corrected chi connectivity index (χ1v) is 2.91. The Morgan fingerprint density at radius 3 is 2.29 bits per heavy atom. The van der Waals surface area contributed by atoms with E-state index in [-0.39, 0.29) is 11.0 Å². The van der Waals surface area contributed by atoms with Crippen LogP contribution in [0.4, 0.5) is 0 Å². The number of ketones is 1. The summed E-state index contributed by atoms with van der Waals surface area (Å²) in [4.78, 5) is 10.4. The Hall–Kier alpha value is 0.0200. The summed E-state index contributed by atoms with van der Waals surface area (Å²) in [5.74, 6) is 0.211. The highest BCUT2D eigenvalue weighted by atomic mass is 32.1. The average Bonchev–Trinajstić information content (AvgIpc) is 1.65. The molecule has 1 nitrogen and oxygen atoms in total. The van der Waals surface area contributed by atoms with Crippen LogP contribution in [0.2, 0.25) is 0 Å². The summed E-state index contributed by atoms with van der Waals surface area (Å²) in [5, 5.41) is -0.0787. The molecule has 7 heavy (non-hydrogen) atoms. The first-order valence-electron chi connectivity index (χ1n) is 2.39. The molecule has 0 aromatic heterocycles. The second-order valence-electron chi connectivity index (χ2n) is 1.50. The number of hydrogen-bond acceptors (Lipinski definition) is 2. The third-order valence-electron chi connectivity index (χ3n) is 0.814. The van der Waals surface area contributed by atoms with Crippen LogP contribution >= 0.6 is 12.6 Å².